The number of nitrogens with zero attached hydrogens (tertiary/aromatic N) is 1. The van der Waals surface area contributed by atoms with Crippen LogP contribution >= 0.6 is 11.6 Å². The van der Waals surface area contributed by atoms with Gasteiger partial charge in [-0.05, 0) is 48.9 Å². The van der Waals surface area contributed by atoms with Crippen LogP contribution in [0.2, 0.25) is 5.02 Å². The summed E-state index contributed by atoms with van der Waals surface area (Å²) in [6, 6.07) is 13.0. The van der Waals surface area contributed by atoms with Gasteiger partial charge in [-0.25, -0.2) is 4.98 Å². The van der Waals surface area contributed by atoms with Crippen molar-refractivity contribution in [3.05, 3.63) is 76.6 Å². The number of aromatic nitrogens is 2. The van der Waals surface area contributed by atoms with Crippen LogP contribution in [0.15, 0.2) is 60.2 Å². The quantitative estimate of drug-likeness (QED) is 0.659. The van der Waals surface area contributed by atoms with Gasteiger partial charge in [0.15, 0.2) is 0 Å². The summed E-state index contributed by atoms with van der Waals surface area (Å²) in [6.45, 7) is 2.31. The van der Waals surface area contributed by atoms with Gasteiger partial charge < -0.3 is 15.0 Å². The van der Waals surface area contributed by atoms with Gasteiger partial charge in [-0.15, -0.1) is 0 Å². The highest BCUT2D eigenvalue weighted by molar-refractivity contribution is 6.30. The summed E-state index contributed by atoms with van der Waals surface area (Å²) in [5.74, 6) is 1.32. The molecule has 0 saturated carbocycles. The number of imidazole rings is 1. The predicted octanol–water partition coefficient (Wildman–Crippen LogP) is 4.43. The number of halogens is 1. The molecule has 2 N–H and O–H groups in total. The van der Waals surface area contributed by atoms with Crippen molar-refractivity contribution >= 4 is 34.6 Å². The molecule has 1 unspecified atom stereocenters. The molecular weight excluding hydrogens is 362 g/mol. The Hall–Kier alpha value is -3.05. The summed E-state index contributed by atoms with van der Waals surface area (Å²) in [5, 5.41) is 3.57. The number of carbonyl (C=O) groups is 1. The molecule has 1 amide bonds. The lowest BCUT2D eigenvalue weighted by atomic mass is 10.1. The van der Waals surface area contributed by atoms with Crippen LogP contribution in [-0.4, -0.2) is 22.5 Å². The molecule has 1 aliphatic heterocycles. The number of benzene rings is 2. The topological polar surface area (TPSA) is 67.0 Å². The molecule has 1 aliphatic rings. The smallest absolute Gasteiger partial charge is 0.244 e. The number of hydrogen-bond donors (Lipinski definition) is 2. The third-order valence-electron chi connectivity index (χ3n) is 4.33. The van der Waals surface area contributed by atoms with Crippen molar-refractivity contribution in [2.45, 2.75) is 13.0 Å². The molecule has 0 aliphatic carbocycles. The minimum Gasteiger partial charge on any atom is -0.488 e. The molecule has 2 heterocycles. The number of aromatic amines is 1. The Bertz CT molecular complexity index is 1040. The van der Waals surface area contributed by atoms with E-state index >= 15 is 0 Å². The molecule has 3 aromatic rings. The lowest BCUT2D eigenvalue weighted by Crippen LogP contribution is -2.25. The minimum absolute atomic E-state index is 0.194. The molecule has 0 saturated heterocycles. The van der Waals surface area contributed by atoms with Gasteiger partial charge in [0.2, 0.25) is 5.91 Å². The van der Waals surface area contributed by atoms with Crippen LogP contribution in [0.5, 0.6) is 5.75 Å². The molecule has 0 spiro atoms. The molecule has 5 nitrogen and oxygen atoms in total. The fourth-order valence-corrected chi connectivity index (χ4v) is 3.13. The molecule has 4 rings (SSSR count). The Kier molecular flexibility index (Phi) is 4.69. The number of hydrogen-bond acceptors (Lipinski definition) is 3. The molecule has 6 heteroatoms. The molecular formula is C21H18ClN3O2. The van der Waals surface area contributed by atoms with Gasteiger partial charge in [0.25, 0.3) is 0 Å². The van der Waals surface area contributed by atoms with E-state index in [2.05, 4.69) is 15.3 Å². The van der Waals surface area contributed by atoms with Crippen molar-refractivity contribution < 1.29 is 9.53 Å². The summed E-state index contributed by atoms with van der Waals surface area (Å²) in [5.41, 5.74) is 3.64. The van der Waals surface area contributed by atoms with Crippen LogP contribution in [0.3, 0.4) is 0 Å². The summed E-state index contributed by atoms with van der Waals surface area (Å²) in [4.78, 5) is 20.0. The van der Waals surface area contributed by atoms with E-state index in [1.54, 1.807) is 12.1 Å². The van der Waals surface area contributed by atoms with Gasteiger partial charge in [-0.1, -0.05) is 29.8 Å². The fraction of sp³-hybridized carbons (Fsp3) is 0.143. The monoisotopic (exact) mass is 379 g/mol. The second-order valence-corrected chi connectivity index (χ2v) is 6.83. The molecule has 0 radical (unpaired) electrons. The molecule has 1 atom stereocenters. The second-order valence-electron chi connectivity index (χ2n) is 6.39. The molecule has 1 aromatic heterocycles. The van der Waals surface area contributed by atoms with Crippen molar-refractivity contribution in [3.8, 4) is 5.75 Å². The number of para-hydroxylation sites is 2. The highest BCUT2D eigenvalue weighted by Crippen LogP contribution is 2.29. The van der Waals surface area contributed by atoms with E-state index in [1.807, 2.05) is 49.4 Å². The first kappa shape index (κ1) is 17.4. The van der Waals surface area contributed by atoms with Crippen molar-refractivity contribution in [1.29, 1.82) is 0 Å². The Morgan fingerprint density at radius 2 is 2.19 bits per heavy atom. The van der Waals surface area contributed by atoms with E-state index in [4.69, 9.17) is 16.3 Å². The van der Waals surface area contributed by atoms with Crippen LogP contribution in [-0.2, 0) is 4.79 Å². The normalized spacial score (nSPS) is 14.5. The van der Waals surface area contributed by atoms with Gasteiger partial charge in [-0.3, -0.25) is 4.79 Å². The van der Waals surface area contributed by atoms with Crippen LogP contribution in [0.1, 0.15) is 24.4 Å². The number of rotatable bonds is 4. The van der Waals surface area contributed by atoms with E-state index in [0.29, 0.717) is 11.6 Å². The van der Waals surface area contributed by atoms with E-state index in [9.17, 15) is 4.79 Å². The third-order valence-corrected chi connectivity index (χ3v) is 4.57. The average Bonchev–Trinajstić information content (AvgIpc) is 3.10. The number of amides is 1. The average molecular weight is 380 g/mol. The largest absolute Gasteiger partial charge is 0.488 e. The zero-order valence-electron chi connectivity index (χ0n) is 14.7. The summed E-state index contributed by atoms with van der Waals surface area (Å²) >= 11 is 6.02. The molecule has 27 heavy (non-hydrogen) atoms. The number of nitrogens with one attached hydrogen (secondary N) is 2. The number of ether oxygens (including phenoxy) is 1. The van der Waals surface area contributed by atoms with Crippen LogP contribution in [0, 0.1) is 0 Å². The highest BCUT2D eigenvalue weighted by Gasteiger charge is 2.13. The zero-order valence-corrected chi connectivity index (χ0v) is 15.5. The Morgan fingerprint density at radius 1 is 1.33 bits per heavy atom. The van der Waals surface area contributed by atoms with Crippen molar-refractivity contribution in [3.63, 3.8) is 0 Å². The first-order valence-electron chi connectivity index (χ1n) is 8.64. The van der Waals surface area contributed by atoms with Crippen molar-refractivity contribution in [2.24, 2.45) is 0 Å². The molecule has 0 fully saturated rings. The molecule has 2 aromatic carbocycles. The highest BCUT2D eigenvalue weighted by atomic mass is 35.5. The van der Waals surface area contributed by atoms with E-state index in [0.717, 1.165) is 33.7 Å². The SMILES string of the molecule is CC(NC(=O)/C=C/C1=Cc2cc(Cl)ccc2OC1)c1nc2ccccc2[nH]1. The van der Waals surface area contributed by atoms with E-state index in [1.165, 1.54) is 6.08 Å². The van der Waals surface area contributed by atoms with Gasteiger partial charge >= 0.3 is 0 Å². The van der Waals surface area contributed by atoms with Crippen LogP contribution in [0.25, 0.3) is 17.1 Å². The predicted molar refractivity (Wildman–Crippen MR) is 107 cm³/mol. The molecule has 0 bridgehead atoms. The van der Waals surface area contributed by atoms with Gasteiger partial charge in [0.05, 0.1) is 17.1 Å². The molecule has 136 valence electrons. The van der Waals surface area contributed by atoms with Crippen molar-refractivity contribution in [1.82, 2.24) is 15.3 Å². The first-order chi connectivity index (χ1) is 13.1. The lowest BCUT2D eigenvalue weighted by molar-refractivity contribution is -0.117. The maximum Gasteiger partial charge on any atom is 0.244 e. The van der Waals surface area contributed by atoms with Crippen molar-refractivity contribution in [2.75, 3.05) is 6.61 Å². The summed E-state index contributed by atoms with van der Waals surface area (Å²) in [7, 11) is 0. The van der Waals surface area contributed by atoms with E-state index < -0.39 is 0 Å². The number of fused-ring (bicyclic) bond motifs is 2. The van der Waals surface area contributed by atoms with E-state index in [-0.39, 0.29) is 11.9 Å². The number of H-pyrrole nitrogens is 1. The number of carbonyl (C=O) groups excluding carboxylic acids is 1. The maximum atomic E-state index is 12.3. The van der Waals surface area contributed by atoms with Gasteiger partial charge in [0, 0.05) is 16.7 Å². The van der Waals surface area contributed by atoms with Crippen LogP contribution < -0.4 is 10.1 Å². The van der Waals surface area contributed by atoms with Gasteiger partial charge in [-0.2, -0.15) is 0 Å². The summed E-state index contributed by atoms with van der Waals surface area (Å²) < 4.78 is 5.68. The third kappa shape index (κ3) is 3.88. The summed E-state index contributed by atoms with van der Waals surface area (Å²) in [6.07, 6.45) is 5.23. The standard InChI is InChI=1S/C21H18ClN3O2/c1-13(21-24-17-4-2-3-5-18(17)25-21)23-20(26)9-6-14-10-15-11-16(22)7-8-19(15)27-12-14/h2-11,13H,12H2,1H3,(H,23,26)(H,24,25)/b9-6+. The first-order valence-corrected chi connectivity index (χ1v) is 9.02. The minimum atomic E-state index is -0.231. The zero-order chi connectivity index (χ0) is 18.8. The van der Waals surface area contributed by atoms with Gasteiger partial charge in [0.1, 0.15) is 18.2 Å². The second kappa shape index (κ2) is 7.29. The Labute approximate surface area is 161 Å². The van der Waals surface area contributed by atoms with Crippen LogP contribution in [0.4, 0.5) is 0 Å². The fourth-order valence-electron chi connectivity index (χ4n) is 2.95. The Balaban J connectivity index is 1.43. The maximum absolute atomic E-state index is 12.3. The lowest BCUT2D eigenvalue weighted by Gasteiger charge is -2.16. The Morgan fingerprint density at radius 3 is 3.04 bits per heavy atom.